The van der Waals surface area contributed by atoms with Gasteiger partial charge in [-0.25, -0.2) is 0 Å². The summed E-state index contributed by atoms with van der Waals surface area (Å²) in [6.07, 6.45) is 1.48. The van der Waals surface area contributed by atoms with E-state index in [-0.39, 0.29) is 11.5 Å². The first kappa shape index (κ1) is 13.3. The smallest absolute Gasteiger partial charge is 0.127 e. The molecule has 2 rings (SSSR count). The largest absolute Gasteiger partial charge is 0.508 e. The summed E-state index contributed by atoms with van der Waals surface area (Å²) in [7, 11) is 0. The molecule has 0 aliphatic heterocycles. The van der Waals surface area contributed by atoms with Crippen molar-refractivity contribution in [2.75, 3.05) is 0 Å². The lowest BCUT2D eigenvalue weighted by Crippen LogP contribution is -1.92. The lowest BCUT2D eigenvalue weighted by atomic mass is 9.94. The summed E-state index contributed by atoms with van der Waals surface area (Å²) >= 11 is 0. The van der Waals surface area contributed by atoms with Gasteiger partial charge in [0, 0.05) is 11.6 Å². The Morgan fingerprint density at radius 3 is 2.00 bits per heavy atom. The number of aryl methyl sites for hydroxylation is 2. The van der Waals surface area contributed by atoms with E-state index < -0.39 is 0 Å². The van der Waals surface area contributed by atoms with Crippen LogP contribution < -0.4 is 0 Å². The molecule has 3 nitrogen and oxygen atoms in total. The lowest BCUT2D eigenvalue weighted by Gasteiger charge is -2.13. The molecule has 0 atom stereocenters. The molecule has 0 amide bonds. The fourth-order valence-electron chi connectivity index (χ4n) is 2.25. The molecule has 0 aromatic heterocycles. The van der Waals surface area contributed by atoms with E-state index in [0.717, 1.165) is 29.5 Å². The molecular weight excluding hydrogens is 240 g/mol. The second kappa shape index (κ2) is 5.22. The fraction of sp³-hybridized carbons (Fsp3) is 0.250. The van der Waals surface area contributed by atoms with Crippen molar-refractivity contribution in [3.05, 3.63) is 41.5 Å². The molecule has 0 aliphatic carbocycles. The van der Waals surface area contributed by atoms with E-state index in [1.54, 1.807) is 18.2 Å². The fourth-order valence-corrected chi connectivity index (χ4v) is 2.25. The molecule has 0 saturated heterocycles. The average molecular weight is 258 g/mol. The van der Waals surface area contributed by atoms with Crippen molar-refractivity contribution in [1.29, 1.82) is 0 Å². The molecule has 0 heterocycles. The van der Waals surface area contributed by atoms with E-state index in [1.807, 2.05) is 19.9 Å². The maximum atomic E-state index is 9.98. The summed E-state index contributed by atoms with van der Waals surface area (Å²) in [5, 5.41) is 29.2. The lowest BCUT2D eigenvalue weighted by molar-refractivity contribution is 0.451. The summed E-state index contributed by atoms with van der Waals surface area (Å²) in [5.41, 5.74) is 3.38. The van der Waals surface area contributed by atoms with Crippen molar-refractivity contribution in [1.82, 2.24) is 0 Å². The number of hydrogen-bond acceptors (Lipinski definition) is 3. The third-order valence-electron chi connectivity index (χ3n) is 3.34. The van der Waals surface area contributed by atoms with E-state index in [9.17, 15) is 15.3 Å². The van der Waals surface area contributed by atoms with Crippen LogP contribution in [0.1, 0.15) is 25.0 Å². The van der Waals surface area contributed by atoms with E-state index in [2.05, 4.69) is 0 Å². The maximum absolute atomic E-state index is 9.98. The van der Waals surface area contributed by atoms with Gasteiger partial charge in [0.2, 0.25) is 0 Å². The van der Waals surface area contributed by atoms with E-state index in [4.69, 9.17) is 0 Å². The maximum Gasteiger partial charge on any atom is 0.127 e. The van der Waals surface area contributed by atoms with Gasteiger partial charge >= 0.3 is 0 Å². The minimum Gasteiger partial charge on any atom is -0.508 e. The van der Waals surface area contributed by atoms with Crippen LogP contribution in [-0.4, -0.2) is 15.3 Å². The highest BCUT2D eigenvalue weighted by Gasteiger charge is 2.12. The first-order valence-corrected chi connectivity index (χ1v) is 6.43. The SMILES string of the molecule is CCc1cc(-c2ccc(O)cc2O)c(CC)cc1O. The molecule has 0 radical (unpaired) electrons. The van der Waals surface area contributed by atoms with Crippen LogP contribution >= 0.6 is 0 Å². The standard InChI is InChI=1S/C16H18O3/c1-3-10-8-15(18)11(4-2)7-14(10)13-6-5-12(17)9-16(13)19/h5-9,17-19H,3-4H2,1-2H3. The first-order chi connectivity index (χ1) is 9.06. The summed E-state index contributed by atoms with van der Waals surface area (Å²) in [4.78, 5) is 0. The van der Waals surface area contributed by atoms with Crippen molar-refractivity contribution in [2.45, 2.75) is 26.7 Å². The summed E-state index contributed by atoms with van der Waals surface area (Å²) in [5.74, 6) is 0.373. The first-order valence-electron chi connectivity index (χ1n) is 6.43. The number of benzene rings is 2. The molecule has 0 bridgehead atoms. The normalized spacial score (nSPS) is 10.6. The van der Waals surface area contributed by atoms with Gasteiger partial charge in [0.15, 0.2) is 0 Å². The third kappa shape index (κ3) is 2.50. The monoisotopic (exact) mass is 258 g/mol. The highest BCUT2D eigenvalue weighted by molar-refractivity contribution is 5.75. The molecule has 0 unspecified atom stereocenters. The van der Waals surface area contributed by atoms with E-state index in [1.165, 1.54) is 6.07 Å². The zero-order valence-electron chi connectivity index (χ0n) is 11.1. The molecule has 3 N–H and O–H groups in total. The molecule has 2 aromatic carbocycles. The summed E-state index contributed by atoms with van der Waals surface area (Å²) in [6.45, 7) is 3.97. The van der Waals surface area contributed by atoms with Crippen LogP contribution in [0.5, 0.6) is 17.2 Å². The molecule has 0 aliphatic rings. The van der Waals surface area contributed by atoms with Gasteiger partial charge in [-0.05, 0) is 53.8 Å². The number of phenols is 3. The Kier molecular flexibility index (Phi) is 3.65. The van der Waals surface area contributed by atoms with Gasteiger partial charge in [0.25, 0.3) is 0 Å². The van der Waals surface area contributed by atoms with Crippen LogP contribution in [0.15, 0.2) is 30.3 Å². The highest BCUT2D eigenvalue weighted by atomic mass is 16.3. The number of phenolic OH excluding ortho intramolecular Hbond substituents is 3. The molecule has 100 valence electrons. The Balaban J connectivity index is 2.66. The van der Waals surface area contributed by atoms with Crippen LogP contribution in [0.4, 0.5) is 0 Å². The Hall–Kier alpha value is -2.16. The van der Waals surface area contributed by atoms with Crippen LogP contribution in [0.25, 0.3) is 11.1 Å². The molecule has 3 heteroatoms. The Morgan fingerprint density at radius 2 is 1.42 bits per heavy atom. The summed E-state index contributed by atoms with van der Waals surface area (Å²) < 4.78 is 0. The minimum absolute atomic E-state index is 0.0359. The van der Waals surface area contributed by atoms with Crippen LogP contribution in [-0.2, 0) is 12.8 Å². The Labute approximate surface area is 112 Å². The van der Waals surface area contributed by atoms with Gasteiger partial charge in [-0.2, -0.15) is 0 Å². The van der Waals surface area contributed by atoms with Gasteiger partial charge in [-0.1, -0.05) is 13.8 Å². The molecule has 0 fully saturated rings. The van der Waals surface area contributed by atoms with Crippen LogP contribution in [0, 0.1) is 0 Å². The average Bonchev–Trinajstić information content (AvgIpc) is 2.39. The number of rotatable bonds is 3. The number of aromatic hydroxyl groups is 3. The van der Waals surface area contributed by atoms with Crippen molar-refractivity contribution >= 4 is 0 Å². The summed E-state index contributed by atoms with van der Waals surface area (Å²) in [6, 6.07) is 8.22. The molecule has 2 aromatic rings. The third-order valence-corrected chi connectivity index (χ3v) is 3.34. The number of hydrogen-bond donors (Lipinski definition) is 3. The quantitative estimate of drug-likeness (QED) is 0.788. The van der Waals surface area contributed by atoms with Gasteiger partial charge in [-0.15, -0.1) is 0 Å². The second-order valence-electron chi connectivity index (χ2n) is 4.55. The van der Waals surface area contributed by atoms with Crippen molar-refractivity contribution in [3.8, 4) is 28.4 Å². The minimum atomic E-state index is 0.0359. The zero-order chi connectivity index (χ0) is 14.0. The van der Waals surface area contributed by atoms with Gasteiger partial charge < -0.3 is 15.3 Å². The van der Waals surface area contributed by atoms with E-state index >= 15 is 0 Å². The van der Waals surface area contributed by atoms with Crippen molar-refractivity contribution in [3.63, 3.8) is 0 Å². The van der Waals surface area contributed by atoms with Crippen LogP contribution in [0.3, 0.4) is 0 Å². The molecule has 0 spiro atoms. The van der Waals surface area contributed by atoms with E-state index in [0.29, 0.717) is 11.3 Å². The predicted molar refractivity (Wildman–Crippen MR) is 75.6 cm³/mol. The van der Waals surface area contributed by atoms with Gasteiger partial charge in [0.05, 0.1) is 0 Å². The van der Waals surface area contributed by atoms with Gasteiger partial charge in [0.1, 0.15) is 17.2 Å². The molecule has 0 saturated carbocycles. The van der Waals surface area contributed by atoms with Crippen molar-refractivity contribution in [2.24, 2.45) is 0 Å². The van der Waals surface area contributed by atoms with Gasteiger partial charge in [-0.3, -0.25) is 0 Å². The molecular formula is C16H18O3. The molecule has 19 heavy (non-hydrogen) atoms. The Bertz CT molecular complexity index is 603. The van der Waals surface area contributed by atoms with Crippen LogP contribution in [0.2, 0.25) is 0 Å². The topological polar surface area (TPSA) is 60.7 Å². The predicted octanol–water partition coefficient (Wildman–Crippen LogP) is 3.60. The Morgan fingerprint density at radius 1 is 0.737 bits per heavy atom. The second-order valence-corrected chi connectivity index (χ2v) is 4.55. The van der Waals surface area contributed by atoms with Crippen molar-refractivity contribution < 1.29 is 15.3 Å². The zero-order valence-corrected chi connectivity index (χ0v) is 11.1. The highest BCUT2D eigenvalue weighted by Crippen LogP contribution is 2.37.